The van der Waals surface area contributed by atoms with Crippen molar-refractivity contribution in [2.24, 2.45) is 5.73 Å². The number of nitrogens with zero attached hydrogens (tertiary/aromatic N) is 2. The first-order valence-electron chi connectivity index (χ1n) is 6.55. The van der Waals surface area contributed by atoms with E-state index in [9.17, 15) is 4.79 Å². The van der Waals surface area contributed by atoms with Gasteiger partial charge in [0.05, 0.1) is 17.7 Å². The molecular formula is C16H17N3OS. The van der Waals surface area contributed by atoms with Crippen LogP contribution in [-0.4, -0.2) is 29.4 Å². The molecule has 2 rings (SSSR count). The van der Waals surface area contributed by atoms with Crippen LogP contribution >= 0.6 is 11.3 Å². The minimum absolute atomic E-state index is 0.00185. The van der Waals surface area contributed by atoms with E-state index in [1.807, 2.05) is 31.2 Å². The predicted octanol–water partition coefficient (Wildman–Crippen LogP) is 2.03. The molecule has 0 bridgehead atoms. The summed E-state index contributed by atoms with van der Waals surface area (Å²) in [7, 11) is 1.80. The normalized spacial score (nSPS) is 9.86. The van der Waals surface area contributed by atoms with E-state index in [2.05, 4.69) is 16.8 Å². The SMILES string of the molecule is Cc1ncsc1C(=O)N(C)Cc1ccc(C#CCN)cc1. The van der Waals surface area contributed by atoms with Gasteiger partial charge in [0.1, 0.15) is 4.88 Å². The maximum absolute atomic E-state index is 12.3. The van der Waals surface area contributed by atoms with Crippen LogP contribution in [0, 0.1) is 18.8 Å². The molecule has 21 heavy (non-hydrogen) atoms. The summed E-state index contributed by atoms with van der Waals surface area (Å²) in [4.78, 5) is 18.8. The van der Waals surface area contributed by atoms with E-state index in [1.165, 1.54) is 11.3 Å². The Morgan fingerprint density at radius 3 is 2.67 bits per heavy atom. The molecule has 0 atom stereocenters. The highest BCUT2D eigenvalue weighted by Gasteiger charge is 2.16. The number of amides is 1. The molecule has 5 heteroatoms. The highest BCUT2D eigenvalue weighted by atomic mass is 32.1. The van der Waals surface area contributed by atoms with Crippen molar-refractivity contribution < 1.29 is 4.79 Å². The van der Waals surface area contributed by atoms with Crippen molar-refractivity contribution in [3.8, 4) is 11.8 Å². The van der Waals surface area contributed by atoms with Crippen molar-refractivity contribution in [3.63, 3.8) is 0 Å². The van der Waals surface area contributed by atoms with Crippen LogP contribution in [0.15, 0.2) is 29.8 Å². The Hall–Kier alpha value is -2.16. The third-order valence-corrected chi connectivity index (χ3v) is 3.91. The number of carbonyl (C=O) groups is 1. The van der Waals surface area contributed by atoms with Crippen molar-refractivity contribution >= 4 is 17.2 Å². The number of hydrogen-bond acceptors (Lipinski definition) is 4. The maximum Gasteiger partial charge on any atom is 0.265 e. The summed E-state index contributed by atoms with van der Waals surface area (Å²) in [5, 5.41) is 0. The highest BCUT2D eigenvalue weighted by molar-refractivity contribution is 7.11. The van der Waals surface area contributed by atoms with Crippen LogP contribution < -0.4 is 5.73 Å². The number of nitrogens with two attached hydrogens (primary N) is 1. The molecule has 0 saturated heterocycles. The molecule has 0 aliphatic heterocycles. The van der Waals surface area contributed by atoms with Crippen LogP contribution in [0.4, 0.5) is 0 Å². The lowest BCUT2D eigenvalue weighted by atomic mass is 10.1. The first kappa shape index (κ1) is 15.2. The van der Waals surface area contributed by atoms with Gasteiger partial charge in [-0.15, -0.1) is 11.3 Å². The van der Waals surface area contributed by atoms with E-state index in [0.29, 0.717) is 18.0 Å². The number of aryl methyl sites for hydroxylation is 1. The van der Waals surface area contributed by atoms with Gasteiger partial charge in [-0.1, -0.05) is 24.0 Å². The molecule has 0 unspecified atom stereocenters. The molecule has 108 valence electrons. The molecule has 4 nitrogen and oxygen atoms in total. The monoisotopic (exact) mass is 299 g/mol. The van der Waals surface area contributed by atoms with E-state index in [-0.39, 0.29) is 5.91 Å². The molecular weight excluding hydrogens is 282 g/mol. The predicted molar refractivity (Wildman–Crippen MR) is 85.0 cm³/mol. The van der Waals surface area contributed by atoms with Crippen LogP contribution in [0.3, 0.4) is 0 Å². The summed E-state index contributed by atoms with van der Waals surface area (Å²) in [6.45, 7) is 2.76. The second-order valence-corrected chi connectivity index (χ2v) is 5.49. The van der Waals surface area contributed by atoms with Crippen molar-refractivity contribution in [1.82, 2.24) is 9.88 Å². The van der Waals surface area contributed by atoms with Gasteiger partial charge in [0.15, 0.2) is 0 Å². The first-order valence-corrected chi connectivity index (χ1v) is 7.43. The Balaban J connectivity index is 2.04. The first-order chi connectivity index (χ1) is 10.1. The minimum atomic E-state index is 0.00185. The van der Waals surface area contributed by atoms with E-state index >= 15 is 0 Å². The topological polar surface area (TPSA) is 59.2 Å². The zero-order valence-electron chi connectivity index (χ0n) is 12.1. The fraction of sp³-hybridized carbons (Fsp3) is 0.250. The van der Waals surface area contributed by atoms with Crippen LogP contribution in [-0.2, 0) is 6.54 Å². The number of rotatable bonds is 3. The standard InChI is InChI=1S/C16H17N3OS/c1-12-15(21-11-18-12)16(20)19(2)10-14-7-5-13(6-8-14)4-3-9-17/h5-8,11H,9-10,17H2,1-2H3. The molecule has 0 aliphatic rings. The lowest BCUT2D eigenvalue weighted by Crippen LogP contribution is -2.26. The molecule has 2 N–H and O–H groups in total. The van der Waals surface area contributed by atoms with Gasteiger partial charge in [0.2, 0.25) is 0 Å². The highest BCUT2D eigenvalue weighted by Crippen LogP contribution is 2.16. The summed E-state index contributed by atoms with van der Waals surface area (Å²) in [5.74, 6) is 5.79. The quantitative estimate of drug-likeness (QED) is 0.882. The van der Waals surface area contributed by atoms with Crippen molar-refractivity contribution in [3.05, 3.63) is 51.5 Å². The molecule has 0 fully saturated rings. The van der Waals surface area contributed by atoms with E-state index < -0.39 is 0 Å². The molecule has 0 aliphatic carbocycles. The molecule has 0 radical (unpaired) electrons. The number of hydrogen-bond donors (Lipinski definition) is 1. The average Bonchev–Trinajstić information content (AvgIpc) is 2.92. The Labute approximate surface area is 128 Å². The summed E-state index contributed by atoms with van der Waals surface area (Å²) in [6.07, 6.45) is 0. The lowest BCUT2D eigenvalue weighted by Gasteiger charge is -2.16. The van der Waals surface area contributed by atoms with Gasteiger partial charge in [-0.3, -0.25) is 4.79 Å². The zero-order valence-corrected chi connectivity index (χ0v) is 12.9. The molecule has 1 amide bonds. The number of carbonyl (C=O) groups excluding carboxylic acids is 1. The maximum atomic E-state index is 12.3. The second kappa shape index (κ2) is 7.02. The number of aromatic nitrogens is 1. The summed E-state index contributed by atoms with van der Waals surface area (Å²) in [5.41, 5.74) is 9.81. The third-order valence-electron chi connectivity index (χ3n) is 2.99. The second-order valence-electron chi connectivity index (χ2n) is 4.63. The smallest absolute Gasteiger partial charge is 0.265 e. The van der Waals surface area contributed by atoms with E-state index in [1.54, 1.807) is 17.5 Å². The van der Waals surface area contributed by atoms with Gasteiger partial charge in [0.25, 0.3) is 5.91 Å². The van der Waals surface area contributed by atoms with E-state index in [0.717, 1.165) is 16.8 Å². The van der Waals surface area contributed by atoms with Crippen molar-refractivity contribution in [2.45, 2.75) is 13.5 Å². The molecule has 1 aromatic heterocycles. The van der Waals surface area contributed by atoms with Crippen LogP contribution in [0.5, 0.6) is 0 Å². The molecule has 1 aromatic carbocycles. The molecule has 2 aromatic rings. The average molecular weight is 299 g/mol. The molecule has 1 heterocycles. The van der Waals surface area contributed by atoms with Crippen molar-refractivity contribution in [1.29, 1.82) is 0 Å². The van der Waals surface area contributed by atoms with Gasteiger partial charge < -0.3 is 10.6 Å². The van der Waals surface area contributed by atoms with Gasteiger partial charge in [-0.05, 0) is 24.6 Å². The largest absolute Gasteiger partial charge is 0.337 e. The number of thiazole rings is 1. The Bertz CT molecular complexity index is 680. The van der Waals surface area contributed by atoms with Gasteiger partial charge in [-0.25, -0.2) is 4.98 Å². The van der Waals surface area contributed by atoms with Crippen molar-refractivity contribution in [2.75, 3.05) is 13.6 Å². The fourth-order valence-corrected chi connectivity index (χ4v) is 2.67. The van der Waals surface area contributed by atoms with Crippen LogP contribution in [0.1, 0.15) is 26.5 Å². The van der Waals surface area contributed by atoms with Crippen LogP contribution in [0.2, 0.25) is 0 Å². The number of benzene rings is 1. The summed E-state index contributed by atoms with van der Waals surface area (Å²) in [6, 6.07) is 7.83. The van der Waals surface area contributed by atoms with Gasteiger partial charge in [-0.2, -0.15) is 0 Å². The third kappa shape index (κ3) is 3.91. The Morgan fingerprint density at radius 2 is 2.10 bits per heavy atom. The fourth-order valence-electron chi connectivity index (χ4n) is 1.87. The Kier molecular flexibility index (Phi) is 5.09. The minimum Gasteiger partial charge on any atom is -0.337 e. The Morgan fingerprint density at radius 1 is 1.38 bits per heavy atom. The van der Waals surface area contributed by atoms with Gasteiger partial charge in [0, 0.05) is 19.2 Å². The lowest BCUT2D eigenvalue weighted by molar-refractivity contribution is 0.0789. The zero-order chi connectivity index (χ0) is 15.2. The summed E-state index contributed by atoms with van der Waals surface area (Å²) >= 11 is 1.38. The van der Waals surface area contributed by atoms with Gasteiger partial charge >= 0.3 is 0 Å². The van der Waals surface area contributed by atoms with Crippen LogP contribution in [0.25, 0.3) is 0 Å². The summed E-state index contributed by atoms with van der Waals surface area (Å²) < 4.78 is 0. The van der Waals surface area contributed by atoms with E-state index in [4.69, 9.17) is 5.73 Å². The molecule has 0 saturated carbocycles. The molecule has 0 spiro atoms.